The monoisotopic (exact) mass is 423 g/mol. The Morgan fingerprint density at radius 2 is 2.00 bits per heavy atom. The minimum atomic E-state index is -0.286. The number of aromatic nitrogens is 3. The zero-order valence-corrected chi connectivity index (χ0v) is 17.4. The summed E-state index contributed by atoms with van der Waals surface area (Å²) in [7, 11) is 0. The van der Waals surface area contributed by atoms with Crippen molar-refractivity contribution >= 4 is 39.8 Å². The molecule has 3 aromatic heterocycles. The molecular formula is C21H17N3O3S2. The first-order chi connectivity index (χ1) is 14.0. The van der Waals surface area contributed by atoms with Crippen molar-refractivity contribution in [2.75, 3.05) is 5.75 Å². The van der Waals surface area contributed by atoms with Gasteiger partial charge in [-0.1, -0.05) is 24.8 Å². The van der Waals surface area contributed by atoms with Crippen molar-refractivity contribution in [1.82, 2.24) is 14.5 Å². The zero-order chi connectivity index (χ0) is 20.5. The van der Waals surface area contributed by atoms with Crippen LogP contribution in [0.5, 0.6) is 0 Å². The van der Waals surface area contributed by atoms with E-state index in [9.17, 15) is 14.4 Å². The molecule has 146 valence electrons. The second-order valence-electron chi connectivity index (χ2n) is 6.33. The fourth-order valence-electron chi connectivity index (χ4n) is 3.03. The summed E-state index contributed by atoms with van der Waals surface area (Å²) in [5.41, 5.74) is 1.40. The van der Waals surface area contributed by atoms with Gasteiger partial charge in [0, 0.05) is 17.1 Å². The SMILES string of the molecule is CCSc1nc2ccc(-c3ccc(C(C)=O)s3)cc2c(=O)n1-c1cc[nH]c(=O)c1. The number of carbonyl (C=O) groups is 1. The molecule has 4 rings (SSSR count). The number of Topliss-reactive ketones (excluding diaryl/α,β-unsaturated/α-hetero) is 1. The summed E-state index contributed by atoms with van der Waals surface area (Å²) in [5.74, 6) is 0.754. The van der Waals surface area contributed by atoms with Gasteiger partial charge in [-0.05, 0) is 48.6 Å². The predicted octanol–water partition coefficient (Wildman–Crippen LogP) is 4.12. The van der Waals surface area contributed by atoms with E-state index in [-0.39, 0.29) is 16.9 Å². The van der Waals surface area contributed by atoms with Gasteiger partial charge in [-0.2, -0.15) is 0 Å². The maximum absolute atomic E-state index is 13.4. The molecule has 8 heteroatoms. The van der Waals surface area contributed by atoms with Gasteiger partial charge in [-0.15, -0.1) is 11.3 Å². The van der Waals surface area contributed by atoms with Crippen LogP contribution in [0.3, 0.4) is 0 Å². The van der Waals surface area contributed by atoms with Crippen LogP contribution in [-0.2, 0) is 0 Å². The maximum Gasteiger partial charge on any atom is 0.266 e. The van der Waals surface area contributed by atoms with Gasteiger partial charge in [0.1, 0.15) is 0 Å². The van der Waals surface area contributed by atoms with E-state index in [0.29, 0.717) is 26.6 Å². The second kappa shape index (κ2) is 7.81. The lowest BCUT2D eigenvalue weighted by Crippen LogP contribution is -2.23. The van der Waals surface area contributed by atoms with Gasteiger partial charge in [0.05, 0.1) is 21.5 Å². The Hall–Kier alpha value is -2.97. The molecule has 0 saturated carbocycles. The number of benzene rings is 1. The highest BCUT2D eigenvalue weighted by atomic mass is 32.2. The predicted molar refractivity (Wildman–Crippen MR) is 118 cm³/mol. The molecule has 0 spiro atoms. The Bertz CT molecular complexity index is 1350. The number of fused-ring (bicyclic) bond motifs is 1. The molecule has 0 aliphatic carbocycles. The third-order valence-electron chi connectivity index (χ3n) is 4.37. The molecule has 0 bridgehead atoms. The van der Waals surface area contributed by atoms with Gasteiger partial charge in [-0.25, -0.2) is 4.98 Å². The highest BCUT2D eigenvalue weighted by molar-refractivity contribution is 7.99. The fraction of sp³-hybridized carbons (Fsp3) is 0.143. The first-order valence-electron chi connectivity index (χ1n) is 8.98. The third-order valence-corrected chi connectivity index (χ3v) is 6.42. The van der Waals surface area contributed by atoms with Crippen molar-refractivity contribution in [2.24, 2.45) is 0 Å². The summed E-state index contributed by atoms with van der Waals surface area (Å²) in [6.07, 6.45) is 1.51. The van der Waals surface area contributed by atoms with E-state index in [1.165, 1.54) is 46.9 Å². The van der Waals surface area contributed by atoms with Crippen LogP contribution >= 0.6 is 23.1 Å². The lowest BCUT2D eigenvalue weighted by atomic mass is 10.1. The zero-order valence-electron chi connectivity index (χ0n) is 15.8. The van der Waals surface area contributed by atoms with Gasteiger partial charge in [0.25, 0.3) is 5.56 Å². The van der Waals surface area contributed by atoms with Crippen LogP contribution in [0.2, 0.25) is 0 Å². The van der Waals surface area contributed by atoms with Crippen molar-refractivity contribution in [2.45, 2.75) is 19.0 Å². The van der Waals surface area contributed by atoms with E-state index in [2.05, 4.69) is 9.97 Å². The fourth-order valence-corrected chi connectivity index (χ4v) is 4.66. The molecule has 4 aromatic rings. The van der Waals surface area contributed by atoms with Gasteiger partial charge >= 0.3 is 0 Å². The molecule has 0 aliphatic rings. The Morgan fingerprint density at radius 3 is 2.69 bits per heavy atom. The molecule has 0 unspecified atom stereocenters. The van der Waals surface area contributed by atoms with E-state index in [4.69, 9.17) is 0 Å². The average molecular weight is 424 g/mol. The van der Waals surface area contributed by atoms with E-state index in [1.807, 2.05) is 25.1 Å². The molecule has 0 fully saturated rings. The summed E-state index contributed by atoms with van der Waals surface area (Å²) in [5, 5.41) is 0.999. The number of thiophene rings is 1. The molecule has 29 heavy (non-hydrogen) atoms. The third kappa shape index (κ3) is 3.68. The molecule has 3 heterocycles. The van der Waals surface area contributed by atoms with E-state index >= 15 is 0 Å². The molecule has 0 atom stereocenters. The number of pyridine rings is 1. The number of carbonyl (C=O) groups excluding carboxylic acids is 1. The number of thioether (sulfide) groups is 1. The van der Waals surface area contributed by atoms with Crippen molar-refractivity contribution in [3.8, 4) is 16.1 Å². The molecular weight excluding hydrogens is 406 g/mol. The van der Waals surface area contributed by atoms with Gasteiger partial charge < -0.3 is 4.98 Å². The summed E-state index contributed by atoms with van der Waals surface area (Å²) >= 11 is 2.84. The average Bonchev–Trinajstić information content (AvgIpc) is 3.19. The second-order valence-corrected chi connectivity index (χ2v) is 8.65. The van der Waals surface area contributed by atoms with Crippen molar-refractivity contribution < 1.29 is 4.79 Å². The van der Waals surface area contributed by atoms with Gasteiger partial charge in [-0.3, -0.25) is 19.0 Å². The van der Waals surface area contributed by atoms with Crippen LogP contribution in [0.1, 0.15) is 23.5 Å². The topological polar surface area (TPSA) is 84.8 Å². The molecule has 1 aromatic carbocycles. The van der Waals surface area contributed by atoms with Crippen molar-refractivity contribution in [3.63, 3.8) is 0 Å². The Kier molecular flexibility index (Phi) is 5.21. The number of aromatic amines is 1. The lowest BCUT2D eigenvalue weighted by molar-refractivity contribution is 0.102. The van der Waals surface area contributed by atoms with Gasteiger partial charge in [0.15, 0.2) is 10.9 Å². The summed E-state index contributed by atoms with van der Waals surface area (Å²) < 4.78 is 1.48. The largest absolute Gasteiger partial charge is 0.329 e. The number of H-pyrrole nitrogens is 1. The minimum Gasteiger partial charge on any atom is -0.329 e. The van der Waals surface area contributed by atoms with Crippen LogP contribution < -0.4 is 11.1 Å². The van der Waals surface area contributed by atoms with E-state index < -0.39 is 0 Å². The molecule has 1 N–H and O–H groups in total. The summed E-state index contributed by atoms with van der Waals surface area (Å²) in [6, 6.07) is 12.3. The van der Waals surface area contributed by atoms with Crippen molar-refractivity contribution in [3.05, 3.63) is 74.2 Å². The first kappa shape index (κ1) is 19.4. The van der Waals surface area contributed by atoms with Crippen LogP contribution in [0.15, 0.2) is 63.4 Å². The molecule has 0 aliphatic heterocycles. The van der Waals surface area contributed by atoms with Crippen LogP contribution in [0, 0.1) is 0 Å². The number of hydrogen-bond acceptors (Lipinski definition) is 6. The maximum atomic E-state index is 13.4. The standard InChI is InChI=1S/C21H17N3O3S2/c1-3-28-21-23-16-5-4-13(18-7-6-17(29-18)12(2)25)10-15(16)20(27)24(21)14-8-9-22-19(26)11-14/h4-11H,3H2,1-2H3,(H,22,26). The first-order valence-corrected chi connectivity index (χ1v) is 10.8. The van der Waals surface area contributed by atoms with Crippen LogP contribution in [0.4, 0.5) is 0 Å². The summed E-state index contributed by atoms with van der Waals surface area (Å²) in [4.78, 5) is 45.6. The molecule has 6 nitrogen and oxygen atoms in total. The van der Waals surface area contributed by atoms with E-state index in [0.717, 1.165) is 16.2 Å². The summed E-state index contributed by atoms with van der Waals surface area (Å²) in [6.45, 7) is 3.52. The van der Waals surface area contributed by atoms with Gasteiger partial charge in [0.2, 0.25) is 5.56 Å². The quantitative estimate of drug-likeness (QED) is 0.297. The van der Waals surface area contributed by atoms with Crippen LogP contribution in [0.25, 0.3) is 27.0 Å². The molecule has 0 saturated heterocycles. The van der Waals surface area contributed by atoms with Crippen molar-refractivity contribution in [1.29, 1.82) is 0 Å². The molecule has 0 amide bonds. The lowest BCUT2D eigenvalue weighted by Gasteiger charge is -2.12. The minimum absolute atomic E-state index is 0.0154. The number of hydrogen-bond donors (Lipinski definition) is 1. The number of ketones is 1. The van der Waals surface area contributed by atoms with Crippen LogP contribution in [-0.4, -0.2) is 26.1 Å². The smallest absolute Gasteiger partial charge is 0.266 e. The number of rotatable bonds is 5. The Morgan fingerprint density at radius 1 is 1.17 bits per heavy atom. The van der Waals surface area contributed by atoms with E-state index in [1.54, 1.807) is 18.2 Å². The Labute approximate surface area is 174 Å². The molecule has 0 radical (unpaired) electrons. The highest BCUT2D eigenvalue weighted by Gasteiger charge is 2.15. The number of nitrogens with zero attached hydrogens (tertiary/aromatic N) is 2. The number of nitrogens with one attached hydrogen (secondary N) is 1. The Balaban J connectivity index is 1.95. The normalized spacial score (nSPS) is 11.1. The highest BCUT2D eigenvalue weighted by Crippen LogP contribution is 2.30.